The zero-order chi connectivity index (χ0) is 24.9. The molecule has 5 rings (SSSR count). The lowest BCUT2D eigenvalue weighted by Gasteiger charge is -2.18. The van der Waals surface area contributed by atoms with E-state index in [9.17, 15) is 0 Å². The Hall–Kier alpha value is -4.23. The van der Waals surface area contributed by atoms with Crippen LogP contribution in [-0.2, 0) is 13.2 Å². The van der Waals surface area contributed by atoms with Crippen LogP contribution in [0.3, 0.4) is 0 Å². The van der Waals surface area contributed by atoms with Gasteiger partial charge in [-0.2, -0.15) is 5.10 Å². The molecular weight excluding hydrogens is 448 g/mol. The van der Waals surface area contributed by atoms with E-state index in [1.165, 1.54) is 11.9 Å². The molecule has 0 bridgehead atoms. The second kappa shape index (κ2) is 10.6. The van der Waals surface area contributed by atoms with Crippen LogP contribution in [0.5, 0.6) is 5.75 Å². The fourth-order valence-corrected chi connectivity index (χ4v) is 4.33. The topological polar surface area (TPSA) is 81.6 Å². The molecule has 0 radical (unpaired) electrons. The highest BCUT2D eigenvalue weighted by Gasteiger charge is 2.19. The molecule has 0 saturated heterocycles. The third-order valence-corrected chi connectivity index (χ3v) is 6.30. The number of nitrogens with two attached hydrogens (primary N) is 1. The summed E-state index contributed by atoms with van der Waals surface area (Å²) in [5.74, 6) is 1.87. The highest BCUT2D eigenvalue weighted by molar-refractivity contribution is 5.87. The van der Waals surface area contributed by atoms with Gasteiger partial charge in [-0.05, 0) is 42.4 Å². The van der Waals surface area contributed by atoms with Gasteiger partial charge >= 0.3 is 0 Å². The van der Waals surface area contributed by atoms with Gasteiger partial charge < -0.3 is 10.5 Å². The molecule has 0 aliphatic heterocycles. The standard InChI is InChI=1S/C29H30N6O/c1-3-34(4-2)18-22-12-8-14-24(16-22)29-33-26(27-28(30)31-20-32-35(27)29)23-13-9-15-25(17-23)36-19-21-10-6-5-7-11-21/h5-17,20H,3-4,18-19H2,1-2H3,(H2,30,31,32). The molecule has 0 amide bonds. The SMILES string of the molecule is CCN(CC)Cc1cccc(-c2nc(-c3cccc(OCc4ccccc4)c3)c3c(N)ncnn23)c1. The molecule has 0 fully saturated rings. The van der Waals surface area contributed by atoms with E-state index in [0.717, 1.165) is 53.6 Å². The van der Waals surface area contributed by atoms with E-state index in [4.69, 9.17) is 15.5 Å². The molecule has 2 heterocycles. The van der Waals surface area contributed by atoms with Crippen LogP contribution in [-0.4, -0.2) is 37.6 Å². The highest BCUT2D eigenvalue weighted by atomic mass is 16.5. The number of rotatable bonds is 9. The molecule has 0 aliphatic rings. The van der Waals surface area contributed by atoms with Crippen molar-refractivity contribution < 1.29 is 4.74 Å². The summed E-state index contributed by atoms with van der Waals surface area (Å²) in [4.78, 5) is 11.7. The first-order valence-electron chi connectivity index (χ1n) is 12.2. The molecule has 0 unspecified atom stereocenters. The number of imidazole rings is 1. The molecule has 2 N–H and O–H groups in total. The van der Waals surface area contributed by atoms with Gasteiger partial charge in [0, 0.05) is 17.7 Å². The van der Waals surface area contributed by atoms with Crippen molar-refractivity contribution in [1.82, 2.24) is 24.5 Å². The smallest absolute Gasteiger partial charge is 0.162 e. The molecule has 7 nitrogen and oxygen atoms in total. The second-order valence-corrected chi connectivity index (χ2v) is 8.65. The largest absolute Gasteiger partial charge is 0.489 e. The molecule has 0 atom stereocenters. The molecule has 5 aromatic rings. The predicted octanol–water partition coefficient (Wildman–Crippen LogP) is 5.46. The molecule has 0 aliphatic carbocycles. The Morgan fingerprint density at radius 3 is 2.42 bits per heavy atom. The Balaban J connectivity index is 1.52. The monoisotopic (exact) mass is 478 g/mol. The zero-order valence-electron chi connectivity index (χ0n) is 20.6. The Morgan fingerprint density at radius 1 is 0.861 bits per heavy atom. The second-order valence-electron chi connectivity index (χ2n) is 8.65. The number of fused-ring (bicyclic) bond motifs is 1. The number of nitrogen functional groups attached to an aromatic ring is 1. The van der Waals surface area contributed by atoms with E-state index < -0.39 is 0 Å². The first-order chi connectivity index (χ1) is 17.7. The minimum Gasteiger partial charge on any atom is -0.489 e. The lowest BCUT2D eigenvalue weighted by molar-refractivity contribution is 0.296. The van der Waals surface area contributed by atoms with Crippen LogP contribution in [0.4, 0.5) is 5.82 Å². The van der Waals surface area contributed by atoms with Gasteiger partial charge in [0.2, 0.25) is 0 Å². The van der Waals surface area contributed by atoms with E-state index in [1.54, 1.807) is 4.52 Å². The maximum Gasteiger partial charge on any atom is 0.162 e. The summed E-state index contributed by atoms with van der Waals surface area (Å²) in [6, 6.07) is 26.5. The summed E-state index contributed by atoms with van der Waals surface area (Å²) in [7, 11) is 0. The normalized spacial score (nSPS) is 11.3. The van der Waals surface area contributed by atoms with Crippen molar-refractivity contribution in [2.24, 2.45) is 0 Å². The summed E-state index contributed by atoms with van der Waals surface area (Å²) in [6.45, 7) is 7.74. The molecule has 7 heteroatoms. The fraction of sp³-hybridized carbons (Fsp3) is 0.207. The average molecular weight is 479 g/mol. The van der Waals surface area contributed by atoms with Gasteiger partial charge in [-0.15, -0.1) is 0 Å². The van der Waals surface area contributed by atoms with Crippen molar-refractivity contribution in [1.29, 1.82) is 0 Å². The lowest BCUT2D eigenvalue weighted by atomic mass is 10.1. The molecular formula is C29H30N6O. The van der Waals surface area contributed by atoms with Gasteiger partial charge in [0.25, 0.3) is 0 Å². The van der Waals surface area contributed by atoms with Gasteiger partial charge in [0.1, 0.15) is 29.9 Å². The molecule has 0 spiro atoms. The highest BCUT2D eigenvalue weighted by Crippen LogP contribution is 2.33. The van der Waals surface area contributed by atoms with E-state index in [0.29, 0.717) is 17.9 Å². The van der Waals surface area contributed by atoms with Crippen molar-refractivity contribution in [3.63, 3.8) is 0 Å². The quantitative estimate of drug-likeness (QED) is 0.303. The third kappa shape index (κ3) is 4.92. The minimum absolute atomic E-state index is 0.383. The minimum atomic E-state index is 0.383. The van der Waals surface area contributed by atoms with E-state index in [-0.39, 0.29) is 0 Å². The van der Waals surface area contributed by atoms with Gasteiger partial charge in [0.15, 0.2) is 11.6 Å². The van der Waals surface area contributed by atoms with Crippen molar-refractivity contribution >= 4 is 11.3 Å². The molecule has 36 heavy (non-hydrogen) atoms. The summed E-state index contributed by atoms with van der Waals surface area (Å²) in [6.07, 6.45) is 1.47. The molecule has 182 valence electrons. The van der Waals surface area contributed by atoms with Crippen LogP contribution in [0.2, 0.25) is 0 Å². The number of ether oxygens (including phenoxy) is 1. The Morgan fingerprint density at radius 2 is 1.61 bits per heavy atom. The Labute approximate surface area is 211 Å². The zero-order valence-corrected chi connectivity index (χ0v) is 20.6. The summed E-state index contributed by atoms with van der Waals surface area (Å²) in [5, 5.41) is 4.51. The number of hydrogen-bond acceptors (Lipinski definition) is 6. The number of nitrogens with zero attached hydrogens (tertiary/aromatic N) is 5. The maximum atomic E-state index is 6.34. The first-order valence-corrected chi connectivity index (χ1v) is 12.2. The number of hydrogen-bond donors (Lipinski definition) is 1. The van der Waals surface area contributed by atoms with Crippen molar-refractivity contribution in [2.75, 3.05) is 18.8 Å². The third-order valence-electron chi connectivity index (χ3n) is 6.30. The van der Waals surface area contributed by atoms with Crippen LogP contribution >= 0.6 is 0 Å². The van der Waals surface area contributed by atoms with Crippen molar-refractivity contribution in [2.45, 2.75) is 27.0 Å². The first kappa shape index (κ1) is 23.5. The van der Waals surface area contributed by atoms with Crippen LogP contribution in [0, 0.1) is 0 Å². The Kier molecular flexibility index (Phi) is 6.91. The van der Waals surface area contributed by atoms with Crippen LogP contribution in [0.25, 0.3) is 28.2 Å². The summed E-state index contributed by atoms with van der Waals surface area (Å²) >= 11 is 0. The Bertz CT molecular complexity index is 1460. The number of benzene rings is 3. The maximum absolute atomic E-state index is 6.34. The van der Waals surface area contributed by atoms with Gasteiger partial charge in [-0.25, -0.2) is 14.5 Å². The number of anilines is 1. The summed E-state index contributed by atoms with van der Waals surface area (Å²) < 4.78 is 7.84. The van der Waals surface area contributed by atoms with Crippen molar-refractivity contribution in [3.05, 3.63) is 96.3 Å². The van der Waals surface area contributed by atoms with E-state index in [1.807, 2.05) is 54.6 Å². The van der Waals surface area contributed by atoms with Gasteiger partial charge in [-0.1, -0.05) is 74.5 Å². The van der Waals surface area contributed by atoms with E-state index >= 15 is 0 Å². The van der Waals surface area contributed by atoms with Crippen LogP contribution in [0.1, 0.15) is 25.0 Å². The van der Waals surface area contributed by atoms with Crippen molar-refractivity contribution in [3.8, 4) is 28.4 Å². The number of aromatic nitrogens is 4. The molecule has 3 aromatic carbocycles. The van der Waals surface area contributed by atoms with Gasteiger partial charge in [-0.3, -0.25) is 4.90 Å². The lowest BCUT2D eigenvalue weighted by Crippen LogP contribution is -2.22. The van der Waals surface area contributed by atoms with Gasteiger partial charge in [0.05, 0.1) is 0 Å². The average Bonchev–Trinajstić information content (AvgIpc) is 3.33. The van der Waals surface area contributed by atoms with Crippen LogP contribution < -0.4 is 10.5 Å². The van der Waals surface area contributed by atoms with E-state index in [2.05, 4.69) is 53.1 Å². The molecule has 0 saturated carbocycles. The van der Waals surface area contributed by atoms with Crippen LogP contribution in [0.15, 0.2) is 85.2 Å². The fourth-order valence-electron chi connectivity index (χ4n) is 4.33. The molecule has 2 aromatic heterocycles. The predicted molar refractivity (Wildman–Crippen MR) is 143 cm³/mol. The summed E-state index contributed by atoms with van der Waals surface area (Å²) in [5.41, 5.74) is 12.0.